The number of nitrogens with one attached hydrogen (secondary N) is 1. The van der Waals surface area contributed by atoms with Crippen LogP contribution in [-0.4, -0.2) is 72.3 Å². The van der Waals surface area contributed by atoms with Gasteiger partial charge in [0.1, 0.15) is 0 Å². The van der Waals surface area contributed by atoms with E-state index in [1.807, 2.05) is 30.0 Å². The minimum absolute atomic E-state index is 0.0102. The van der Waals surface area contributed by atoms with Gasteiger partial charge in [0, 0.05) is 25.7 Å². The van der Waals surface area contributed by atoms with Gasteiger partial charge in [-0.15, -0.1) is 0 Å². The number of carbonyl (C=O) groups is 2. The van der Waals surface area contributed by atoms with Crippen molar-refractivity contribution in [2.45, 2.75) is 32.4 Å². The van der Waals surface area contributed by atoms with Crippen molar-refractivity contribution in [1.82, 2.24) is 15.1 Å². The summed E-state index contributed by atoms with van der Waals surface area (Å²) in [5.41, 5.74) is 0.971. The molecule has 8 heteroatoms. The van der Waals surface area contributed by atoms with Crippen molar-refractivity contribution in [3.8, 4) is 11.5 Å². The number of piperidine rings is 1. The third kappa shape index (κ3) is 5.33. The predicted molar refractivity (Wildman–Crippen MR) is 98.8 cm³/mol. The van der Waals surface area contributed by atoms with E-state index in [0.717, 1.165) is 43.8 Å². The van der Waals surface area contributed by atoms with Gasteiger partial charge in [-0.2, -0.15) is 0 Å². The molecule has 0 radical (unpaired) electrons. The molecule has 0 unspecified atom stereocenters. The molecule has 1 saturated heterocycles. The molecule has 0 saturated carbocycles. The van der Waals surface area contributed by atoms with E-state index in [1.54, 1.807) is 0 Å². The maximum absolute atomic E-state index is 12.2. The summed E-state index contributed by atoms with van der Waals surface area (Å²) >= 11 is 0. The lowest BCUT2D eigenvalue weighted by molar-refractivity contribution is -0.139. The van der Waals surface area contributed by atoms with Gasteiger partial charge in [-0.3, -0.25) is 19.4 Å². The summed E-state index contributed by atoms with van der Waals surface area (Å²) in [5, 5.41) is 11.9. The van der Waals surface area contributed by atoms with Crippen LogP contribution in [0.2, 0.25) is 0 Å². The summed E-state index contributed by atoms with van der Waals surface area (Å²) in [5.74, 6) is 0.647. The molecule has 3 rings (SSSR count). The second-order valence-corrected chi connectivity index (χ2v) is 6.93. The summed E-state index contributed by atoms with van der Waals surface area (Å²) in [6, 6.07) is 5.93. The average Bonchev–Trinajstić information content (AvgIpc) is 3.13. The van der Waals surface area contributed by atoms with Crippen LogP contribution in [0.4, 0.5) is 0 Å². The van der Waals surface area contributed by atoms with E-state index in [1.165, 1.54) is 0 Å². The van der Waals surface area contributed by atoms with Gasteiger partial charge in [0.05, 0.1) is 13.1 Å². The lowest BCUT2D eigenvalue weighted by Crippen LogP contribution is -2.48. The predicted octanol–water partition coefficient (Wildman–Crippen LogP) is 0.902. The first-order valence-corrected chi connectivity index (χ1v) is 9.38. The molecule has 1 amide bonds. The normalized spacial score (nSPS) is 17.3. The molecule has 2 aliphatic heterocycles. The lowest BCUT2D eigenvalue weighted by Gasteiger charge is -2.37. The summed E-state index contributed by atoms with van der Waals surface area (Å²) < 4.78 is 10.6. The highest BCUT2D eigenvalue weighted by atomic mass is 16.7. The summed E-state index contributed by atoms with van der Waals surface area (Å²) in [6.07, 6.45) is 1.77. The molecule has 0 aliphatic carbocycles. The number of nitrogens with zero attached hydrogens (tertiary/aromatic N) is 2. The standard InChI is InChI=1S/C19H27N3O5/c1-2-22(12-19(24)25)15-5-7-21(8-6-15)11-18(23)20-10-14-3-4-16-17(9-14)27-13-26-16/h3-4,9,15H,2,5-8,10-13H2,1H3,(H,20,23)(H,24,25). The number of hydrogen-bond acceptors (Lipinski definition) is 6. The van der Waals surface area contributed by atoms with Crippen LogP contribution in [0.5, 0.6) is 11.5 Å². The van der Waals surface area contributed by atoms with Gasteiger partial charge in [-0.05, 0) is 37.1 Å². The maximum atomic E-state index is 12.2. The molecule has 0 spiro atoms. The molecule has 0 aromatic heterocycles. The second kappa shape index (κ2) is 9.05. The minimum atomic E-state index is -0.790. The molecule has 2 N–H and O–H groups in total. The van der Waals surface area contributed by atoms with Crippen LogP contribution in [0.25, 0.3) is 0 Å². The van der Waals surface area contributed by atoms with Crippen molar-refractivity contribution < 1.29 is 24.2 Å². The van der Waals surface area contributed by atoms with Crippen LogP contribution in [0, 0.1) is 0 Å². The number of rotatable bonds is 8. The van der Waals surface area contributed by atoms with E-state index in [9.17, 15) is 9.59 Å². The largest absolute Gasteiger partial charge is 0.480 e. The van der Waals surface area contributed by atoms with Crippen LogP contribution in [-0.2, 0) is 16.1 Å². The highest BCUT2D eigenvalue weighted by Gasteiger charge is 2.25. The fourth-order valence-corrected chi connectivity index (χ4v) is 3.63. The number of fused-ring (bicyclic) bond motifs is 1. The number of carbonyl (C=O) groups excluding carboxylic acids is 1. The number of amides is 1. The Kier molecular flexibility index (Phi) is 6.52. The Morgan fingerprint density at radius 1 is 1.26 bits per heavy atom. The molecule has 0 atom stereocenters. The van der Waals surface area contributed by atoms with Crippen LogP contribution in [0.3, 0.4) is 0 Å². The number of hydrogen-bond donors (Lipinski definition) is 2. The third-order valence-corrected chi connectivity index (χ3v) is 5.11. The summed E-state index contributed by atoms with van der Waals surface area (Å²) in [4.78, 5) is 27.3. The van der Waals surface area contributed by atoms with Crippen molar-refractivity contribution in [3.63, 3.8) is 0 Å². The SMILES string of the molecule is CCN(CC(=O)O)C1CCN(CC(=O)NCc2ccc3c(c2)OCO3)CC1. The number of likely N-dealkylation sites (N-methyl/N-ethyl adjacent to an activating group) is 1. The van der Waals surface area contributed by atoms with Gasteiger partial charge in [0.15, 0.2) is 11.5 Å². The van der Waals surface area contributed by atoms with Crippen LogP contribution in [0.1, 0.15) is 25.3 Å². The molecule has 148 valence electrons. The van der Waals surface area contributed by atoms with Crippen LogP contribution in [0.15, 0.2) is 18.2 Å². The Bertz CT molecular complexity index is 673. The van der Waals surface area contributed by atoms with Gasteiger partial charge in [0.2, 0.25) is 12.7 Å². The molecule has 1 aromatic rings. The Morgan fingerprint density at radius 2 is 2.00 bits per heavy atom. The van der Waals surface area contributed by atoms with Gasteiger partial charge >= 0.3 is 5.97 Å². The molecule has 0 bridgehead atoms. The first-order valence-electron chi connectivity index (χ1n) is 9.38. The van der Waals surface area contributed by atoms with Crippen LogP contribution < -0.4 is 14.8 Å². The number of aliphatic carboxylic acids is 1. The minimum Gasteiger partial charge on any atom is -0.480 e. The Balaban J connectivity index is 1.40. The fourth-order valence-electron chi connectivity index (χ4n) is 3.63. The van der Waals surface area contributed by atoms with E-state index in [4.69, 9.17) is 14.6 Å². The van der Waals surface area contributed by atoms with Crippen molar-refractivity contribution in [3.05, 3.63) is 23.8 Å². The number of carboxylic acid groups (broad SMARTS) is 1. The van der Waals surface area contributed by atoms with E-state index in [-0.39, 0.29) is 25.3 Å². The Labute approximate surface area is 159 Å². The van der Waals surface area contributed by atoms with E-state index in [2.05, 4.69) is 10.2 Å². The average molecular weight is 377 g/mol. The number of carboxylic acids is 1. The van der Waals surface area contributed by atoms with E-state index < -0.39 is 5.97 Å². The zero-order valence-corrected chi connectivity index (χ0v) is 15.6. The van der Waals surface area contributed by atoms with Gasteiger partial charge in [0.25, 0.3) is 0 Å². The van der Waals surface area contributed by atoms with Crippen LogP contribution >= 0.6 is 0 Å². The molecule has 1 fully saturated rings. The molecular formula is C19H27N3O5. The zero-order chi connectivity index (χ0) is 19.2. The highest BCUT2D eigenvalue weighted by Crippen LogP contribution is 2.32. The van der Waals surface area contributed by atoms with Gasteiger partial charge in [-0.1, -0.05) is 13.0 Å². The molecule has 8 nitrogen and oxygen atoms in total. The Morgan fingerprint density at radius 3 is 2.70 bits per heavy atom. The molecule has 2 heterocycles. The van der Waals surface area contributed by atoms with E-state index in [0.29, 0.717) is 18.8 Å². The number of ether oxygens (including phenoxy) is 2. The Hall–Kier alpha value is -2.32. The second-order valence-electron chi connectivity index (χ2n) is 6.93. The molecule has 27 heavy (non-hydrogen) atoms. The fraction of sp³-hybridized carbons (Fsp3) is 0.579. The smallest absolute Gasteiger partial charge is 0.317 e. The molecule has 2 aliphatic rings. The number of benzene rings is 1. The van der Waals surface area contributed by atoms with E-state index >= 15 is 0 Å². The highest BCUT2D eigenvalue weighted by molar-refractivity contribution is 5.78. The van der Waals surface area contributed by atoms with Crippen molar-refractivity contribution >= 4 is 11.9 Å². The lowest BCUT2D eigenvalue weighted by atomic mass is 10.0. The van der Waals surface area contributed by atoms with Crippen molar-refractivity contribution in [2.75, 3.05) is 39.5 Å². The monoisotopic (exact) mass is 377 g/mol. The number of likely N-dealkylation sites (tertiary alicyclic amines) is 1. The third-order valence-electron chi connectivity index (χ3n) is 5.11. The molecule has 1 aromatic carbocycles. The zero-order valence-electron chi connectivity index (χ0n) is 15.6. The maximum Gasteiger partial charge on any atom is 0.317 e. The first-order chi connectivity index (χ1) is 13.0. The summed E-state index contributed by atoms with van der Waals surface area (Å²) in [6.45, 7) is 5.46. The van der Waals surface area contributed by atoms with Gasteiger partial charge < -0.3 is 19.9 Å². The molecular weight excluding hydrogens is 350 g/mol. The quantitative estimate of drug-likeness (QED) is 0.696. The van der Waals surface area contributed by atoms with Crippen molar-refractivity contribution in [1.29, 1.82) is 0 Å². The topological polar surface area (TPSA) is 91.3 Å². The van der Waals surface area contributed by atoms with Gasteiger partial charge in [-0.25, -0.2) is 0 Å². The van der Waals surface area contributed by atoms with Crippen molar-refractivity contribution in [2.24, 2.45) is 0 Å². The summed E-state index contributed by atoms with van der Waals surface area (Å²) in [7, 11) is 0. The first kappa shape index (κ1) is 19.4.